The highest BCUT2D eigenvalue weighted by molar-refractivity contribution is 9.10. The van der Waals surface area contributed by atoms with Crippen LogP contribution in [0.5, 0.6) is 5.75 Å². The van der Waals surface area contributed by atoms with Crippen molar-refractivity contribution in [1.82, 2.24) is 4.90 Å². The van der Waals surface area contributed by atoms with Crippen LogP contribution in [0.15, 0.2) is 53.0 Å². The second kappa shape index (κ2) is 7.04. The fourth-order valence-electron chi connectivity index (χ4n) is 2.85. The quantitative estimate of drug-likeness (QED) is 0.824. The van der Waals surface area contributed by atoms with Crippen LogP contribution < -0.4 is 9.64 Å². The first-order valence-electron chi connectivity index (χ1n) is 7.62. The molecule has 0 unspecified atom stereocenters. The third-order valence-corrected chi connectivity index (χ3v) is 4.56. The number of hydrogen-bond donors (Lipinski definition) is 0. The van der Waals surface area contributed by atoms with E-state index in [9.17, 15) is 4.79 Å². The van der Waals surface area contributed by atoms with Gasteiger partial charge in [-0.25, -0.2) is 0 Å². The van der Waals surface area contributed by atoms with Crippen molar-refractivity contribution in [2.24, 2.45) is 0 Å². The number of halogens is 1. The summed E-state index contributed by atoms with van der Waals surface area (Å²) in [5.74, 6) is 0.963. The Morgan fingerprint density at radius 3 is 2.48 bits per heavy atom. The van der Waals surface area contributed by atoms with Crippen LogP contribution in [0.1, 0.15) is 10.4 Å². The molecule has 1 aliphatic heterocycles. The first-order valence-corrected chi connectivity index (χ1v) is 8.41. The first kappa shape index (κ1) is 15.9. The second-order valence-electron chi connectivity index (χ2n) is 5.46. The summed E-state index contributed by atoms with van der Waals surface area (Å²) in [5, 5.41) is 0. The van der Waals surface area contributed by atoms with Crippen molar-refractivity contribution in [2.45, 2.75) is 0 Å². The normalized spacial score (nSPS) is 14.7. The number of ether oxygens (including phenoxy) is 1. The smallest absolute Gasteiger partial charge is 0.254 e. The summed E-state index contributed by atoms with van der Waals surface area (Å²) in [6.45, 7) is 3.03. The Morgan fingerprint density at radius 2 is 1.78 bits per heavy atom. The van der Waals surface area contributed by atoms with Crippen LogP contribution in [0.2, 0.25) is 0 Å². The Bertz CT molecular complexity index is 697. The van der Waals surface area contributed by atoms with Crippen LogP contribution in [0.25, 0.3) is 0 Å². The van der Waals surface area contributed by atoms with E-state index in [0.717, 1.165) is 34.6 Å². The standard InChI is InChI=1S/C18H19BrN2O2/c1-23-17-8-3-2-7-16(17)20-9-11-21(12-10-20)18(22)14-5-4-6-15(19)13-14/h2-8,13H,9-12H2,1H3. The Hall–Kier alpha value is -2.01. The highest BCUT2D eigenvalue weighted by Gasteiger charge is 2.23. The minimum Gasteiger partial charge on any atom is -0.495 e. The summed E-state index contributed by atoms with van der Waals surface area (Å²) >= 11 is 3.42. The molecule has 2 aromatic rings. The summed E-state index contributed by atoms with van der Waals surface area (Å²) in [6, 6.07) is 15.6. The van der Waals surface area contributed by atoms with Crippen molar-refractivity contribution in [1.29, 1.82) is 0 Å². The second-order valence-corrected chi connectivity index (χ2v) is 6.38. The maximum absolute atomic E-state index is 12.6. The van der Waals surface area contributed by atoms with Crippen molar-refractivity contribution < 1.29 is 9.53 Å². The number of carbonyl (C=O) groups excluding carboxylic acids is 1. The number of methoxy groups -OCH3 is 1. The summed E-state index contributed by atoms with van der Waals surface area (Å²) in [5.41, 5.74) is 1.81. The lowest BCUT2D eigenvalue weighted by molar-refractivity contribution is 0.0746. The molecule has 23 heavy (non-hydrogen) atoms. The third kappa shape index (κ3) is 3.50. The molecule has 120 valence electrons. The number of hydrogen-bond acceptors (Lipinski definition) is 3. The first-order chi connectivity index (χ1) is 11.2. The highest BCUT2D eigenvalue weighted by atomic mass is 79.9. The van der Waals surface area contributed by atoms with Gasteiger partial charge in [-0.1, -0.05) is 34.1 Å². The molecular weight excluding hydrogens is 356 g/mol. The zero-order chi connectivity index (χ0) is 16.2. The van der Waals surface area contributed by atoms with Crippen molar-refractivity contribution in [2.75, 3.05) is 38.2 Å². The lowest BCUT2D eigenvalue weighted by Crippen LogP contribution is -2.48. The number of benzene rings is 2. The van der Waals surface area contributed by atoms with Crippen LogP contribution in [-0.4, -0.2) is 44.1 Å². The Kier molecular flexibility index (Phi) is 4.86. The van der Waals surface area contributed by atoms with Crippen LogP contribution in [0.4, 0.5) is 5.69 Å². The van der Waals surface area contributed by atoms with Gasteiger partial charge in [0.15, 0.2) is 0 Å². The summed E-state index contributed by atoms with van der Waals surface area (Å²) in [4.78, 5) is 16.8. The molecule has 0 spiro atoms. The van der Waals surface area contributed by atoms with E-state index in [1.807, 2.05) is 47.4 Å². The molecule has 3 rings (SSSR count). The molecule has 0 saturated carbocycles. The average molecular weight is 375 g/mol. The van der Waals surface area contributed by atoms with E-state index in [1.54, 1.807) is 7.11 Å². The molecule has 0 radical (unpaired) electrons. The molecule has 2 aromatic carbocycles. The van der Waals surface area contributed by atoms with Gasteiger partial charge in [-0.2, -0.15) is 0 Å². The van der Waals surface area contributed by atoms with Crippen molar-refractivity contribution in [3.63, 3.8) is 0 Å². The number of anilines is 1. The molecule has 1 aliphatic rings. The monoisotopic (exact) mass is 374 g/mol. The Labute approximate surface area is 144 Å². The molecule has 4 nitrogen and oxygen atoms in total. The molecule has 0 aliphatic carbocycles. The average Bonchev–Trinajstić information content (AvgIpc) is 2.61. The summed E-state index contributed by atoms with van der Waals surface area (Å²) in [6.07, 6.45) is 0. The van der Waals surface area contributed by atoms with E-state index >= 15 is 0 Å². The van der Waals surface area contributed by atoms with Gasteiger partial charge in [-0.3, -0.25) is 4.79 Å². The van der Waals surface area contributed by atoms with E-state index in [0.29, 0.717) is 13.1 Å². The van der Waals surface area contributed by atoms with Crippen LogP contribution in [-0.2, 0) is 0 Å². The number of piperazine rings is 1. The van der Waals surface area contributed by atoms with Gasteiger partial charge in [-0.15, -0.1) is 0 Å². The molecule has 1 amide bonds. The number of amides is 1. The minimum absolute atomic E-state index is 0.0889. The predicted octanol–water partition coefficient (Wildman–Crippen LogP) is 3.42. The summed E-state index contributed by atoms with van der Waals surface area (Å²) in [7, 11) is 1.69. The van der Waals surface area contributed by atoms with Crippen LogP contribution in [0.3, 0.4) is 0 Å². The van der Waals surface area contributed by atoms with Gasteiger partial charge in [0, 0.05) is 36.2 Å². The van der Waals surface area contributed by atoms with E-state index in [1.165, 1.54) is 0 Å². The van der Waals surface area contributed by atoms with Gasteiger partial charge in [0.1, 0.15) is 5.75 Å². The predicted molar refractivity (Wildman–Crippen MR) is 95.3 cm³/mol. The number of nitrogens with zero attached hydrogens (tertiary/aromatic N) is 2. The summed E-state index contributed by atoms with van der Waals surface area (Å²) < 4.78 is 6.35. The largest absolute Gasteiger partial charge is 0.495 e. The van der Waals surface area contributed by atoms with Gasteiger partial charge in [-0.05, 0) is 30.3 Å². The van der Waals surface area contributed by atoms with Crippen molar-refractivity contribution >= 4 is 27.5 Å². The van der Waals surface area contributed by atoms with Crippen LogP contribution >= 0.6 is 15.9 Å². The van der Waals surface area contributed by atoms with Gasteiger partial charge in [0.25, 0.3) is 5.91 Å². The van der Waals surface area contributed by atoms with E-state index < -0.39 is 0 Å². The molecule has 0 N–H and O–H groups in total. The van der Waals surface area contributed by atoms with Crippen molar-refractivity contribution in [3.8, 4) is 5.75 Å². The number of carbonyl (C=O) groups is 1. The maximum atomic E-state index is 12.6. The topological polar surface area (TPSA) is 32.8 Å². The highest BCUT2D eigenvalue weighted by Crippen LogP contribution is 2.28. The molecule has 1 fully saturated rings. The van der Waals surface area contributed by atoms with E-state index in [4.69, 9.17) is 4.74 Å². The zero-order valence-corrected chi connectivity index (χ0v) is 14.6. The fourth-order valence-corrected chi connectivity index (χ4v) is 3.24. The van der Waals surface area contributed by atoms with Gasteiger partial charge in [0.05, 0.1) is 12.8 Å². The lowest BCUT2D eigenvalue weighted by Gasteiger charge is -2.36. The lowest BCUT2D eigenvalue weighted by atomic mass is 10.1. The van der Waals surface area contributed by atoms with E-state index in [-0.39, 0.29) is 5.91 Å². The maximum Gasteiger partial charge on any atom is 0.254 e. The van der Waals surface area contributed by atoms with Gasteiger partial charge in [0.2, 0.25) is 0 Å². The van der Waals surface area contributed by atoms with Gasteiger partial charge < -0.3 is 14.5 Å². The number of para-hydroxylation sites is 2. The van der Waals surface area contributed by atoms with Crippen molar-refractivity contribution in [3.05, 3.63) is 58.6 Å². The Balaban J connectivity index is 1.67. The van der Waals surface area contributed by atoms with Crippen LogP contribution in [0, 0.1) is 0 Å². The van der Waals surface area contributed by atoms with E-state index in [2.05, 4.69) is 26.9 Å². The molecule has 1 heterocycles. The minimum atomic E-state index is 0.0889. The SMILES string of the molecule is COc1ccccc1N1CCN(C(=O)c2cccc(Br)c2)CC1. The third-order valence-electron chi connectivity index (χ3n) is 4.06. The Morgan fingerprint density at radius 1 is 1.04 bits per heavy atom. The zero-order valence-electron chi connectivity index (χ0n) is 13.0. The molecule has 0 atom stereocenters. The molecule has 5 heteroatoms. The molecular formula is C18H19BrN2O2. The molecule has 0 aromatic heterocycles. The molecule has 0 bridgehead atoms. The number of rotatable bonds is 3. The van der Waals surface area contributed by atoms with Gasteiger partial charge >= 0.3 is 0 Å². The fraction of sp³-hybridized carbons (Fsp3) is 0.278. The molecule has 1 saturated heterocycles.